The van der Waals surface area contributed by atoms with Crippen LogP contribution in [0.3, 0.4) is 0 Å². The standard InChI is InChI=1S/C25H29FN4O10/c1-37-18-17(33)23(30-11-9-16(32)29-25(30)36)39-19(18)20(21(27)34)40-24-14(31)6-7-15(38-24)22(35)28-10-8-12-2-4-13(26)5-3-12/h2-5,7,9,11,14,17-20,23-24,31,33H,6,8,10H2,1H3,(H2,27,34)(H,28,35)(H,29,32,36)/t14-,17+,18-,19-,20+,23+,24+/m0/s1. The van der Waals surface area contributed by atoms with E-state index in [0.29, 0.717) is 6.42 Å². The topological polar surface area (TPSA) is 204 Å². The first-order valence-corrected chi connectivity index (χ1v) is 12.3. The van der Waals surface area contributed by atoms with Gasteiger partial charge in [-0.2, -0.15) is 0 Å². The summed E-state index contributed by atoms with van der Waals surface area (Å²) in [6, 6.07) is 6.85. The largest absolute Gasteiger partial charge is 0.457 e. The number of hydrogen-bond acceptors (Lipinski definition) is 10. The number of nitrogens with two attached hydrogens (primary N) is 1. The molecule has 0 unspecified atom stereocenters. The number of methoxy groups -OCH3 is 1. The van der Waals surface area contributed by atoms with Gasteiger partial charge >= 0.3 is 5.69 Å². The number of carbonyl (C=O) groups is 2. The van der Waals surface area contributed by atoms with Crippen LogP contribution in [0.5, 0.6) is 0 Å². The lowest BCUT2D eigenvalue weighted by Gasteiger charge is -2.33. The molecular weight excluding hydrogens is 535 g/mol. The number of benzene rings is 1. The van der Waals surface area contributed by atoms with E-state index >= 15 is 0 Å². The van der Waals surface area contributed by atoms with Crippen LogP contribution in [0, 0.1) is 5.82 Å². The number of aliphatic hydroxyl groups excluding tert-OH is 2. The molecule has 14 nitrogen and oxygen atoms in total. The Morgan fingerprint density at radius 3 is 2.62 bits per heavy atom. The highest BCUT2D eigenvalue weighted by Gasteiger charge is 2.52. The molecule has 2 aliphatic heterocycles. The fourth-order valence-electron chi connectivity index (χ4n) is 4.42. The molecule has 3 heterocycles. The average Bonchev–Trinajstić information content (AvgIpc) is 3.24. The molecule has 15 heteroatoms. The second-order valence-corrected chi connectivity index (χ2v) is 9.15. The zero-order valence-electron chi connectivity index (χ0n) is 21.3. The van der Waals surface area contributed by atoms with Gasteiger partial charge in [0, 0.05) is 32.3 Å². The molecule has 0 spiro atoms. The molecular formula is C25H29FN4O10. The van der Waals surface area contributed by atoms with E-state index in [9.17, 15) is 33.8 Å². The van der Waals surface area contributed by atoms with Crippen molar-refractivity contribution in [1.29, 1.82) is 0 Å². The summed E-state index contributed by atoms with van der Waals surface area (Å²) in [5, 5.41) is 23.9. The molecule has 4 rings (SSSR count). The van der Waals surface area contributed by atoms with Gasteiger partial charge in [0.05, 0.1) is 0 Å². The predicted molar refractivity (Wildman–Crippen MR) is 133 cm³/mol. The van der Waals surface area contributed by atoms with Crippen LogP contribution in [0.2, 0.25) is 0 Å². The third-order valence-electron chi connectivity index (χ3n) is 6.44. The number of carbonyl (C=O) groups excluding carboxylic acids is 2. The van der Waals surface area contributed by atoms with Gasteiger partial charge in [-0.05, 0) is 30.2 Å². The molecule has 1 saturated heterocycles. The van der Waals surface area contributed by atoms with Gasteiger partial charge in [-0.15, -0.1) is 0 Å². The van der Waals surface area contributed by atoms with Gasteiger partial charge in [0.2, 0.25) is 12.2 Å². The van der Waals surface area contributed by atoms with Crippen LogP contribution in [0.25, 0.3) is 0 Å². The van der Waals surface area contributed by atoms with E-state index in [1.54, 1.807) is 12.1 Å². The minimum Gasteiger partial charge on any atom is -0.457 e. The second-order valence-electron chi connectivity index (χ2n) is 9.15. The number of ether oxygens (including phenoxy) is 4. The second kappa shape index (κ2) is 12.5. The maximum absolute atomic E-state index is 13.1. The summed E-state index contributed by atoms with van der Waals surface area (Å²) in [6.45, 7) is 0.206. The number of aromatic nitrogens is 2. The number of hydrogen-bond donors (Lipinski definition) is 5. The van der Waals surface area contributed by atoms with Gasteiger partial charge in [0.25, 0.3) is 11.5 Å². The number of H-pyrrole nitrogens is 1. The van der Waals surface area contributed by atoms with Crippen LogP contribution in [0.15, 0.2) is 58.0 Å². The Bertz CT molecular complexity index is 1360. The SMILES string of the molecule is CO[C@H]1[C@@H](O)[C@H](n2ccc(=O)[nH]c2=O)O[C@@H]1[C@@H](O[C@H]1OC(C(=O)NCCc2ccc(F)cc2)=CC[C@@H]1O)C(N)=O. The quantitative estimate of drug-likeness (QED) is 0.218. The van der Waals surface area contributed by atoms with Gasteiger partial charge in [0.1, 0.15) is 30.2 Å². The Kier molecular flexibility index (Phi) is 9.11. The first kappa shape index (κ1) is 29.1. The summed E-state index contributed by atoms with van der Waals surface area (Å²) in [5.41, 5.74) is 4.80. The van der Waals surface area contributed by atoms with Crippen molar-refractivity contribution in [3.63, 3.8) is 0 Å². The lowest BCUT2D eigenvalue weighted by Crippen LogP contribution is -2.52. The highest BCUT2D eigenvalue weighted by Crippen LogP contribution is 2.34. The fourth-order valence-corrected chi connectivity index (χ4v) is 4.42. The Hall–Kier alpha value is -3.89. The summed E-state index contributed by atoms with van der Waals surface area (Å²) in [6.07, 6.45) is -7.18. The van der Waals surface area contributed by atoms with E-state index in [4.69, 9.17) is 24.7 Å². The zero-order valence-corrected chi connectivity index (χ0v) is 21.3. The molecule has 1 fully saturated rings. The minimum absolute atomic E-state index is 0.0614. The summed E-state index contributed by atoms with van der Waals surface area (Å²) in [7, 11) is 1.23. The molecule has 0 bridgehead atoms. The third-order valence-corrected chi connectivity index (χ3v) is 6.44. The molecule has 7 atom stereocenters. The van der Waals surface area contributed by atoms with Crippen molar-refractivity contribution in [1.82, 2.24) is 14.9 Å². The molecule has 2 aromatic rings. The summed E-state index contributed by atoms with van der Waals surface area (Å²) in [4.78, 5) is 50.8. The van der Waals surface area contributed by atoms with Crippen molar-refractivity contribution in [2.24, 2.45) is 5.73 Å². The minimum atomic E-state index is -1.66. The van der Waals surface area contributed by atoms with Crippen LogP contribution >= 0.6 is 0 Å². The molecule has 1 aromatic carbocycles. The Morgan fingerprint density at radius 1 is 1.25 bits per heavy atom. The normalized spacial score (nSPS) is 26.9. The number of aromatic amines is 1. The summed E-state index contributed by atoms with van der Waals surface area (Å²) < 4.78 is 36.2. The van der Waals surface area contributed by atoms with Gasteiger partial charge in [-0.3, -0.25) is 23.9 Å². The number of rotatable bonds is 10. The van der Waals surface area contributed by atoms with Crippen molar-refractivity contribution in [3.05, 3.63) is 80.6 Å². The first-order valence-electron chi connectivity index (χ1n) is 12.3. The maximum Gasteiger partial charge on any atom is 0.330 e. The lowest BCUT2D eigenvalue weighted by atomic mass is 10.0. The highest BCUT2D eigenvalue weighted by atomic mass is 19.1. The van der Waals surface area contributed by atoms with Crippen molar-refractivity contribution < 1.29 is 43.1 Å². The van der Waals surface area contributed by atoms with Crippen LogP contribution in [-0.2, 0) is 35.0 Å². The average molecular weight is 565 g/mol. The summed E-state index contributed by atoms with van der Waals surface area (Å²) in [5.74, 6) is -2.23. The van der Waals surface area contributed by atoms with Gasteiger partial charge in [0.15, 0.2) is 18.1 Å². The first-order chi connectivity index (χ1) is 19.1. The van der Waals surface area contributed by atoms with E-state index in [0.717, 1.165) is 22.4 Å². The Balaban J connectivity index is 1.43. The fraction of sp³-hybridized carbons (Fsp3) is 0.440. The van der Waals surface area contributed by atoms with E-state index in [-0.39, 0.29) is 24.5 Å². The van der Waals surface area contributed by atoms with Gasteiger partial charge in [-0.1, -0.05) is 12.1 Å². The van der Waals surface area contributed by atoms with Crippen LogP contribution in [0.1, 0.15) is 18.2 Å². The Morgan fingerprint density at radius 2 is 1.98 bits per heavy atom. The number of primary amides is 1. The molecule has 6 N–H and O–H groups in total. The maximum atomic E-state index is 13.1. The van der Waals surface area contributed by atoms with Crippen molar-refractivity contribution in [3.8, 4) is 0 Å². The highest BCUT2D eigenvalue weighted by molar-refractivity contribution is 5.91. The molecule has 1 aromatic heterocycles. The van der Waals surface area contributed by atoms with E-state index < -0.39 is 66.1 Å². The lowest BCUT2D eigenvalue weighted by molar-refractivity contribution is -0.228. The van der Waals surface area contributed by atoms with E-state index in [1.807, 2.05) is 4.98 Å². The summed E-state index contributed by atoms with van der Waals surface area (Å²) >= 11 is 0. The zero-order chi connectivity index (χ0) is 29.0. The molecule has 0 saturated carbocycles. The molecule has 40 heavy (non-hydrogen) atoms. The third kappa shape index (κ3) is 6.46. The van der Waals surface area contributed by atoms with Crippen molar-refractivity contribution in [2.45, 2.75) is 55.9 Å². The van der Waals surface area contributed by atoms with Crippen LogP contribution < -0.4 is 22.3 Å². The molecule has 0 aliphatic carbocycles. The number of halogens is 1. The Labute approximate surface area is 226 Å². The van der Waals surface area contributed by atoms with E-state index in [1.165, 1.54) is 25.3 Å². The number of aliphatic hydroxyl groups is 2. The van der Waals surface area contributed by atoms with E-state index in [2.05, 4.69) is 5.32 Å². The molecule has 2 aliphatic rings. The van der Waals surface area contributed by atoms with Gasteiger partial charge in [-0.25, -0.2) is 9.18 Å². The van der Waals surface area contributed by atoms with Crippen LogP contribution in [0.4, 0.5) is 4.39 Å². The number of amides is 2. The monoisotopic (exact) mass is 564 g/mol. The molecule has 0 radical (unpaired) electrons. The van der Waals surface area contributed by atoms with Crippen LogP contribution in [-0.4, -0.2) is 82.0 Å². The van der Waals surface area contributed by atoms with Crippen molar-refractivity contribution in [2.75, 3.05) is 13.7 Å². The number of nitrogens with zero attached hydrogens (tertiary/aromatic N) is 1. The predicted octanol–water partition coefficient (Wildman–Crippen LogP) is -1.83. The van der Waals surface area contributed by atoms with Gasteiger partial charge < -0.3 is 40.2 Å². The number of nitrogens with one attached hydrogen (secondary N) is 2. The smallest absolute Gasteiger partial charge is 0.330 e. The van der Waals surface area contributed by atoms with Crippen molar-refractivity contribution >= 4 is 11.8 Å². The molecule has 216 valence electrons. The molecule has 2 amide bonds.